The lowest BCUT2D eigenvalue weighted by molar-refractivity contribution is -0.183. The molecule has 1 aromatic rings. The van der Waals surface area contributed by atoms with Gasteiger partial charge in [0.2, 0.25) is 0 Å². The number of urea groups is 1. The maximum Gasteiger partial charge on any atom is 0.324 e. The number of hydrogen-bond donors (Lipinski definition) is 1. The third kappa shape index (κ3) is 3.89. The first kappa shape index (κ1) is 18.2. The summed E-state index contributed by atoms with van der Waals surface area (Å²) in [7, 11) is 0. The largest absolute Gasteiger partial charge is 0.348 e. The number of hydrogen-bond acceptors (Lipinski definition) is 5. The van der Waals surface area contributed by atoms with E-state index in [0.717, 1.165) is 44.4 Å². The molecule has 2 amide bonds. The zero-order chi connectivity index (χ0) is 18.0. The Morgan fingerprint density at radius 3 is 2.42 bits per heavy atom. The van der Waals surface area contributed by atoms with E-state index in [1.807, 2.05) is 5.38 Å². The van der Waals surface area contributed by atoms with E-state index in [2.05, 4.69) is 22.1 Å². The van der Waals surface area contributed by atoms with Gasteiger partial charge in [-0.15, -0.1) is 11.3 Å². The van der Waals surface area contributed by atoms with Crippen LogP contribution in [0.3, 0.4) is 0 Å². The van der Waals surface area contributed by atoms with E-state index in [1.54, 1.807) is 6.20 Å². The van der Waals surface area contributed by atoms with Crippen molar-refractivity contribution >= 4 is 22.5 Å². The van der Waals surface area contributed by atoms with Crippen molar-refractivity contribution in [1.29, 1.82) is 0 Å². The molecule has 2 aliphatic carbocycles. The maximum absolute atomic E-state index is 13.1. The first-order valence-electron chi connectivity index (χ1n) is 9.92. The standard InChI is InChI=1S/C19H29N3O3S/c1-14-2-4-15(5-3-14)22(18(23)21-17-20-10-13-26-17)16-6-8-19(9-7-16)24-11-12-25-19/h10,13-16H,2-9,11-12H2,1H3,(H,20,21,23). The van der Waals surface area contributed by atoms with E-state index in [0.29, 0.717) is 24.4 Å². The van der Waals surface area contributed by atoms with Crippen molar-refractivity contribution in [3.63, 3.8) is 0 Å². The summed E-state index contributed by atoms with van der Waals surface area (Å²) in [6.45, 7) is 3.70. The molecule has 144 valence electrons. The van der Waals surface area contributed by atoms with Crippen LogP contribution in [0.2, 0.25) is 0 Å². The molecule has 0 radical (unpaired) electrons. The molecule has 4 rings (SSSR count). The number of rotatable bonds is 3. The first-order valence-corrected chi connectivity index (χ1v) is 10.8. The molecule has 1 spiro atoms. The minimum Gasteiger partial charge on any atom is -0.348 e. The van der Waals surface area contributed by atoms with E-state index in [-0.39, 0.29) is 17.9 Å². The van der Waals surface area contributed by atoms with Gasteiger partial charge in [-0.3, -0.25) is 5.32 Å². The predicted octanol–water partition coefficient (Wildman–Crippen LogP) is 4.24. The Balaban J connectivity index is 1.46. The first-order chi connectivity index (χ1) is 12.7. The van der Waals surface area contributed by atoms with Crippen LogP contribution in [0, 0.1) is 5.92 Å². The highest BCUT2D eigenvalue weighted by Crippen LogP contribution is 2.39. The van der Waals surface area contributed by atoms with Crippen molar-refractivity contribution in [3.05, 3.63) is 11.6 Å². The van der Waals surface area contributed by atoms with Crippen LogP contribution in [0.1, 0.15) is 58.3 Å². The molecular formula is C19H29N3O3S. The number of ether oxygens (including phenoxy) is 2. The summed E-state index contributed by atoms with van der Waals surface area (Å²) >= 11 is 1.47. The average Bonchev–Trinajstić information content (AvgIpc) is 3.31. The minimum atomic E-state index is -0.380. The van der Waals surface area contributed by atoms with Gasteiger partial charge in [0, 0.05) is 36.5 Å². The summed E-state index contributed by atoms with van der Waals surface area (Å²) in [5, 5.41) is 5.59. The molecule has 1 saturated heterocycles. The van der Waals surface area contributed by atoms with Gasteiger partial charge in [0.25, 0.3) is 0 Å². The highest BCUT2D eigenvalue weighted by molar-refractivity contribution is 7.13. The number of carbonyl (C=O) groups excluding carboxylic acids is 1. The molecule has 2 saturated carbocycles. The second-order valence-corrected chi connectivity index (χ2v) is 8.82. The molecule has 0 aromatic carbocycles. The third-order valence-corrected chi connectivity index (χ3v) is 6.87. The lowest BCUT2D eigenvalue weighted by Gasteiger charge is -2.45. The summed E-state index contributed by atoms with van der Waals surface area (Å²) in [5.74, 6) is 0.389. The molecule has 1 aliphatic heterocycles. The summed E-state index contributed by atoms with van der Waals surface area (Å²) < 4.78 is 11.7. The van der Waals surface area contributed by atoms with Gasteiger partial charge in [-0.2, -0.15) is 0 Å². The molecule has 0 unspecified atom stereocenters. The van der Waals surface area contributed by atoms with Crippen LogP contribution < -0.4 is 5.32 Å². The minimum absolute atomic E-state index is 0.00807. The highest BCUT2D eigenvalue weighted by Gasteiger charge is 2.44. The van der Waals surface area contributed by atoms with Crippen LogP contribution in [0.25, 0.3) is 0 Å². The molecule has 0 bridgehead atoms. The smallest absolute Gasteiger partial charge is 0.324 e. The molecule has 7 heteroatoms. The molecule has 1 aromatic heterocycles. The van der Waals surface area contributed by atoms with Gasteiger partial charge in [-0.1, -0.05) is 6.92 Å². The second kappa shape index (κ2) is 7.82. The summed E-state index contributed by atoms with van der Waals surface area (Å²) in [5.41, 5.74) is 0. The van der Waals surface area contributed by atoms with E-state index >= 15 is 0 Å². The van der Waals surface area contributed by atoms with Crippen molar-refractivity contribution in [3.8, 4) is 0 Å². The topological polar surface area (TPSA) is 63.7 Å². The van der Waals surface area contributed by atoms with E-state index in [9.17, 15) is 4.79 Å². The van der Waals surface area contributed by atoms with Crippen molar-refractivity contribution in [2.75, 3.05) is 18.5 Å². The number of aromatic nitrogens is 1. The van der Waals surface area contributed by atoms with Gasteiger partial charge in [0.15, 0.2) is 10.9 Å². The molecule has 3 fully saturated rings. The Morgan fingerprint density at radius 1 is 1.15 bits per heavy atom. The van der Waals surface area contributed by atoms with Crippen molar-refractivity contribution in [2.45, 2.75) is 76.2 Å². The Bertz CT molecular complexity index is 585. The highest BCUT2D eigenvalue weighted by atomic mass is 32.1. The summed E-state index contributed by atoms with van der Waals surface area (Å²) in [6, 6.07) is 0.594. The zero-order valence-electron chi connectivity index (χ0n) is 15.5. The Kier molecular flexibility index (Phi) is 5.47. The lowest BCUT2D eigenvalue weighted by atomic mass is 9.83. The van der Waals surface area contributed by atoms with Gasteiger partial charge in [-0.05, 0) is 44.4 Å². The van der Waals surface area contributed by atoms with Gasteiger partial charge >= 0.3 is 6.03 Å². The van der Waals surface area contributed by atoms with Crippen molar-refractivity contribution in [2.24, 2.45) is 5.92 Å². The van der Waals surface area contributed by atoms with E-state index in [1.165, 1.54) is 24.2 Å². The number of nitrogens with zero attached hydrogens (tertiary/aromatic N) is 2. The third-order valence-electron chi connectivity index (χ3n) is 6.18. The van der Waals surface area contributed by atoms with Crippen LogP contribution in [-0.4, -0.2) is 47.0 Å². The molecule has 6 nitrogen and oxygen atoms in total. The number of nitrogens with one attached hydrogen (secondary N) is 1. The predicted molar refractivity (Wildman–Crippen MR) is 101 cm³/mol. The van der Waals surface area contributed by atoms with Crippen LogP contribution in [0.5, 0.6) is 0 Å². The quantitative estimate of drug-likeness (QED) is 0.853. The number of amides is 2. The molecule has 1 N–H and O–H groups in total. The second-order valence-electron chi connectivity index (χ2n) is 7.93. The molecular weight excluding hydrogens is 350 g/mol. The fourth-order valence-electron chi connectivity index (χ4n) is 4.70. The Hall–Kier alpha value is -1.18. The SMILES string of the molecule is CC1CCC(N(C(=O)Nc2nccs2)C2CCC3(CC2)OCCO3)CC1. The zero-order valence-corrected chi connectivity index (χ0v) is 16.3. The van der Waals surface area contributed by atoms with E-state index in [4.69, 9.17) is 9.47 Å². The summed E-state index contributed by atoms with van der Waals surface area (Å²) in [4.78, 5) is 19.5. The van der Waals surface area contributed by atoms with E-state index < -0.39 is 0 Å². The fourth-order valence-corrected chi connectivity index (χ4v) is 5.22. The normalized spacial score (nSPS) is 29.0. The van der Waals surface area contributed by atoms with Gasteiger partial charge in [0.1, 0.15) is 0 Å². The lowest BCUT2D eigenvalue weighted by Crippen LogP contribution is -2.53. The number of carbonyl (C=O) groups is 1. The maximum atomic E-state index is 13.1. The van der Waals surface area contributed by atoms with Crippen LogP contribution in [-0.2, 0) is 9.47 Å². The molecule has 2 heterocycles. The number of thiazole rings is 1. The Labute approximate surface area is 159 Å². The van der Waals surface area contributed by atoms with Crippen molar-refractivity contribution < 1.29 is 14.3 Å². The van der Waals surface area contributed by atoms with Gasteiger partial charge in [0.05, 0.1) is 13.2 Å². The van der Waals surface area contributed by atoms with Crippen LogP contribution in [0.15, 0.2) is 11.6 Å². The van der Waals surface area contributed by atoms with Gasteiger partial charge < -0.3 is 14.4 Å². The van der Waals surface area contributed by atoms with Crippen molar-refractivity contribution in [1.82, 2.24) is 9.88 Å². The molecule has 0 atom stereocenters. The number of anilines is 1. The molecule has 3 aliphatic rings. The summed E-state index contributed by atoms with van der Waals surface area (Å²) in [6.07, 6.45) is 9.97. The van der Waals surface area contributed by atoms with Gasteiger partial charge in [-0.25, -0.2) is 9.78 Å². The fraction of sp³-hybridized carbons (Fsp3) is 0.789. The Morgan fingerprint density at radius 2 is 1.81 bits per heavy atom. The van der Waals surface area contributed by atoms with Crippen LogP contribution in [0.4, 0.5) is 9.93 Å². The molecule has 26 heavy (non-hydrogen) atoms. The monoisotopic (exact) mass is 379 g/mol. The van der Waals surface area contributed by atoms with Crippen LogP contribution >= 0.6 is 11.3 Å². The average molecular weight is 380 g/mol.